The molecule has 1 fully saturated rings. The van der Waals surface area contributed by atoms with Crippen molar-refractivity contribution in [1.82, 2.24) is 4.90 Å². The summed E-state index contributed by atoms with van der Waals surface area (Å²) in [5.41, 5.74) is 1.68. The highest BCUT2D eigenvalue weighted by molar-refractivity contribution is 6.36. The van der Waals surface area contributed by atoms with Crippen LogP contribution in [0.15, 0.2) is 97.1 Å². The molecule has 3 atom stereocenters. The Morgan fingerprint density at radius 2 is 1.24 bits per heavy atom. The Labute approximate surface area is 270 Å². The highest BCUT2D eigenvalue weighted by Crippen LogP contribution is 2.69. The number of halogens is 6. The van der Waals surface area contributed by atoms with Gasteiger partial charge in [0, 0.05) is 6.42 Å². The number of nitrogens with zero attached hydrogens (tertiary/aromatic N) is 1. The molecule has 0 saturated carbocycles. The number of hydrogen-bond donors (Lipinski definition) is 1. The van der Waals surface area contributed by atoms with Crippen LogP contribution in [0.4, 0.5) is 18.9 Å². The largest absolute Gasteiger partial charge is 0.416 e. The quantitative estimate of drug-likeness (QED) is 0.177. The average Bonchev–Trinajstić information content (AvgIpc) is 3.30. The van der Waals surface area contributed by atoms with E-state index in [1.54, 1.807) is 78.9 Å². The van der Waals surface area contributed by atoms with Gasteiger partial charge in [-0.2, -0.15) is 13.2 Å². The summed E-state index contributed by atoms with van der Waals surface area (Å²) in [6.45, 7) is 0. The van der Waals surface area contributed by atoms with Gasteiger partial charge in [0.1, 0.15) is 15.8 Å². The molecule has 3 amide bonds. The molecule has 1 N–H and O–H groups in total. The van der Waals surface area contributed by atoms with E-state index in [1.165, 1.54) is 0 Å². The Kier molecular flexibility index (Phi) is 6.86. The summed E-state index contributed by atoms with van der Waals surface area (Å²) in [5.74, 6) is -4.59. The maximum absolute atomic E-state index is 14.6. The number of anilines is 1. The molecule has 3 aliphatic carbocycles. The van der Waals surface area contributed by atoms with E-state index in [4.69, 9.17) is 34.8 Å². The first-order valence-electron chi connectivity index (χ1n) is 14.0. The van der Waals surface area contributed by atoms with Crippen LogP contribution in [0.1, 0.15) is 33.4 Å². The molecule has 0 radical (unpaired) electrons. The lowest BCUT2D eigenvalue weighted by Gasteiger charge is -2.54. The van der Waals surface area contributed by atoms with Crippen molar-refractivity contribution < 1.29 is 27.6 Å². The summed E-state index contributed by atoms with van der Waals surface area (Å²) in [4.78, 5) is 41.1. The number of nitrogens with one attached hydrogen (secondary N) is 1. The van der Waals surface area contributed by atoms with Crippen molar-refractivity contribution in [3.05, 3.63) is 135 Å². The van der Waals surface area contributed by atoms with Crippen molar-refractivity contribution in [3.8, 4) is 0 Å². The highest BCUT2D eigenvalue weighted by Gasteiger charge is 2.73. The van der Waals surface area contributed by atoms with Gasteiger partial charge >= 0.3 is 6.18 Å². The monoisotopic (exact) mass is 668 g/mol. The van der Waals surface area contributed by atoms with Crippen molar-refractivity contribution in [3.63, 3.8) is 0 Å². The number of rotatable bonds is 5. The first-order chi connectivity index (χ1) is 21.4. The Morgan fingerprint density at radius 1 is 0.778 bits per heavy atom. The van der Waals surface area contributed by atoms with E-state index in [2.05, 4.69) is 5.32 Å². The molecule has 4 aliphatic rings. The number of likely N-dealkylation sites (tertiary alicyclic amines) is 1. The van der Waals surface area contributed by atoms with Gasteiger partial charge in [0.05, 0.1) is 28.1 Å². The summed E-state index contributed by atoms with van der Waals surface area (Å²) in [7, 11) is 0. The first-order valence-corrected chi connectivity index (χ1v) is 15.2. The number of amides is 3. The minimum Gasteiger partial charge on any atom is -0.323 e. The molecule has 228 valence electrons. The Hall–Kier alpha value is -3.85. The third-order valence-corrected chi connectivity index (χ3v) is 10.7. The molecule has 5 nitrogen and oxygen atoms in total. The number of hydrogen-bond acceptors (Lipinski definition) is 3. The van der Waals surface area contributed by atoms with Crippen molar-refractivity contribution in [2.24, 2.45) is 11.8 Å². The lowest BCUT2D eigenvalue weighted by atomic mass is 9.54. The van der Waals surface area contributed by atoms with E-state index in [-0.39, 0.29) is 17.1 Å². The van der Waals surface area contributed by atoms with Crippen LogP contribution in [0.5, 0.6) is 0 Å². The SMILES string of the molecule is O=C(Nc1cc(C(F)(F)F)ccc1Cl)[C@H](Cc1ccccc1)N1C(=O)[C@@H]2[C@H](C1=O)C1(Cl)c3ccccc3C2(Cl)c2ccccc21. The zero-order chi connectivity index (χ0) is 31.9. The van der Waals surface area contributed by atoms with Gasteiger partial charge in [-0.05, 0) is 46.0 Å². The third-order valence-electron chi connectivity index (χ3n) is 9.06. The Morgan fingerprint density at radius 3 is 1.71 bits per heavy atom. The van der Waals surface area contributed by atoms with Crippen molar-refractivity contribution in [2.45, 2.75) is 28.4 Å². The van der Waals surface area contributed by atoms with Crippen LogP contribution >= 0.6 is 34.8 Å². The standard InChI is InChI=1S/C34H22Cl3F3N2O3/c35-24-15-14-19(34(38,39)40)17-25(24)41-29(43)26(16-18-8-2-1-3-9-18)42-30(44)27-28(31(42)45)33(37)21-11-5-4-10-20(21)32(27,36)22-12-6-7-13-23(22)33/h1-15,17,26-28H,16H2,(H,41,43)/t26-,27-,28+,32?,33?/m0/s1. The molecule has 45 heavy (non-hydrogen) atoms. The van der Waals surface area contributed by atoms with Crippen LogP contribution in [0.25, 0.3) is 0 Å². The van der Waals surface area contributed by atoms with Gasteiger partial charge in [-0.25, -0.2) is 0 Å². The maximum Gasteiger partial charge on any atom is 0.416 e. The van der Waals surface area contributed by atoms with Crippen LogP contribution in [-0.2, 0) is 36.7 Å². The fraction of sp³-hybridized carbons (Fsp3) is 0.206. The van der Waals surface area contributed by atoms with Crippen LogP contribution < -0.4 is 5.32 Å². The van der Waals surface area contributed by atoms with E-state index < -0.39 is 57.1 Å². The van der Waals surface area contributed by atoms with E-state index in [0.717, 1.165) is 17.0 Å². The molecule has 1 saturated heterocycles. The molecular formula is C34H22Cl3F3N2O3. The fourth-order valence-electron chi connectivity index (χ4n) is 7.15. The summed E-state index contributed by atoms with van der Waals surface area (Å²) >= 11 is 21.2. The van der Waals surface area contributed by atoms with Gasteiger partial charge in [0.25, 0.3) is 0 Å². The van der Waals surface area contributed by atoms with Gasteiger partial charge in [-0.15, -0.1) is 23.2 Å². The minimum atomic E-state index is -4.70. The Bertz CT molecular complexity index is 1780. The van der Waals surface area contributed by atoms with Crippen molar-refractivity contribution in [2.75, 3.05) is 5.32 Å². The van der Waals surface area contributed by atoms with E-state index in [9.17, 15) is 27.6 Å². The molecule has 2 bridgehead atoms. The lowest BCUT2D eigenvalue weighted by molar-refractivity contribution is -0.146. The molecule has 1 heterocycles. The second-order valence-corrected chi connectivity index (χ2v) is 13.0. The second-order valence-electron chi connectivity index (χ2n) is 11.4. The summed E-state index contributed by atoms with van der Waals surface area (Å²) in [5, 5.41) is 2.30. The number of imide groups is 1. The normalized spacial score (nSPS) is 25.4. The number of benzene rings is 4. The second kappa shape index (κ2) is 10.3. The molecule has 11 heteroatoms. The van der Waals surface area contributed by atoms with Gasteiger partial charge in [-0.1, -0.05) is 90.5 Å². The fourth-order valence-corrected chi connectivity index (χ4v) is 8.41. The molecule has 4 aromatic rings. The predicted octanol–water partition coefficient (Wildman–Crippen LogP) is 7.50. The molecule has 0 unspecified atom stereocenters. The van der Waals surface area contributed by atoms with E-state index in [0.29, 0.717) is 33.9 Å². The van der Waals surface area contributed by atoms with Gasteiger partial charge in [-0.3, -0.25) is 19.3 Å². The number of carbonyl (C=O) groups is 3. The molecule has 4 aromatic carbocycles. The summed E-state index contributed by atoms with van der Waals surface area (Å²) < 4.78 is 40.5. The molecule has 8 rings (SSSR count). The van der Waals surface area contributed by atoms with Crippen LogP contribution in [0.2, 0.25) is 5.02 Å². The van der Waals surface area contributed by atoms with Crippen molar-refractivity contribution >= 4 is 58.2 Å². The molecular weight excluding hydrogens is 648 g/mol. The molecule has 1 aliphatic heterocycles. The van der Waals surface area contributed by atoms with Crippen LogP contribution in [0.3, 0.4) is 0 Å². The summed E-state index contributed by atoms with van der Waals surface area (Å²) in [6.07, 6.45) is -4.82. The zero-order valence-corrected chi connectivity index (χ0v) is 25.4. The van der Waals surface area contributed by atoms with Gasteiger partial charge in [0.15, 0.2) is 0 Å². The first kappa shape index (κ1) is 29.8. The van der Waals surface area contributed by atoms with Crippen LogP contribution in [0, 0.1) is 11.8 Å². The maximum atomic E-state index is 14.6. The summed E-state index contributed by atoms with van der Waals surface area (Å²) in [6, 6.07) is 24.0. The minimum absolute atomic E-state index is 0.120. The van der Waals surface area contributed by atoms with Gasteiger partial charge in [0.2, 0.25) is 17.7 Å². The zero-order valence-electron chi connectivity index (χ0n) is 23.1. The lowest BCUT2D eigenvalue weighted by Crippen LogP contribution is -2.57. The average molecular weight is 670 g/mol. The third kappa shape index (κ3) is 4.26. The van der Waals surface area contributed by atoms with Crippen LogP contribution in [-0.4, -0.2) is 28.7 Å². The van der Waals surface area contributed by atoms with E-state index >= 15 is 0 Å². The predicted molar refractivity (Wildman–Crippen MR) is 164 cm³/mol. The smallest absolute Gasteiger partial charge is 0.323 e. The molecule has 0 spiro atoms. The number of carbonyl (C=O) groups excluding carboxylic acids is 3. The van der Waals surface area contributed by atoms with Crippen molar-refractivity contribution in [1.29, 1.82) is 0 Å². The topological polar surface area (TPSA) is 66.5 Å². The van der Waals surface area contributed by atoms with E-state index in [1.807, 2.05) is 0 Å². The highest BCUT2D eigenvalue weighted by atomic mass is 35.5. The number of alkyl halides is 5. The molecule has 0 aromatic heterocycles. The Balaban J connectivity index is 1.35. The van der Waals surface area contributed by atoms with Gasteiger partial charge < -0.3 is 5.32 Å².